The molecular formula is C14H21N3O3. The number of rotatable bonds is 7. The Morgan fingerprint density at radius 1 is 1.35 bits per heavy atom. The maximum absolute atomic E-state index is 11.6. The number of urea groups is 1. The maximum atomic E-state index is 11.6. The fourth-order valence-electron chi connectivity index (χ4n) is 1.63. The van der Waals surface area contributed by atoms with Crippen molar-refractivity contribution in [3.05, 3.63) is 29.8 Å². The normalized spacial score (nSPS) is 11.7. The highest BCUT2D eigenvalue weighted by Gasteiger charge is 2.17. The highest BCUT2D eigenvalue weighted by Crippen LogP contribution is 2.19. The van der Waals surface area contributed by atoms with Crippen LogP contribution in [-0.2, 0) is 11.3 Å². The Kier molecular flexibility index (Phi) is 6.52. The van der Waals surface area contributed by atoms with Gasteiger partial charge in [-0.15, -0.1) is 0 Å². The highest BCUT2D eigenvalue weighted by atomic mass is 16.5. The molecule has 0 aliphatic carbocycles. The van der Waals surface area contributed by atoms with E-state index in [0.29, 0.717) is 12.3 Å². The van der Waals surface area contributed by atoms with E-state index in [0.717, 1.165) is 18.5 Å². The van der Waals surface area contributed by atoms with E-state index in [1.807, 2.05) is 23.5 Å². The second kappa shape index (κ2) is 8.16. The SMILES string of the molecule is CCCNCc1ccccc1OC(C)C(=O)NC(N)=O. The zero-order valence-electron chi connectivity index (χ0n) is 11.8. The number of para-hydroxylation sites is 1. The summed E-state index contributed by atoms with van der Waals surface area (Å²) in [6.07, 6.45) is 0.246. The van der Waals surface area contributed by atoms with Crippen molar-refractivity contribution >= 4 is 11.9 Å². The van der Waals surface area contributed by atoms with Crippen molar-refractivity contribution < 1.29 is 14.3 Å². The average molecular weight is 279 g/mol. The van der Waals surface area contributed by atoms with E-state index in [9.17, 15) is 9.59 Å². The Morgan fingerprint density at radius 2 is 2.05 bits per heavy atom. The molecule has 0 aliphatic heterocycles. The van der Waals surface area contributed by atoms with Crippen molar-refractivity contribution in [2.45, 2.75) is 32.9 Å². The predicted molar refractivity (Wildman–Crippen MR) is 76.3 cm³/mol. The first-order valence-electron chi connectivity index (χ1n) is 6.60. The van der Waals surface area contributed by atoms with Gasteiger partial charge in [0, 0.05) is 12.1 Å². The van der Waals surface area contributed by atoms with Crippen LogP contribution in [0.15, 0.2) is 24.3 Å². The number of imide groups is 1. The molecule has 0 saturated carbocycles. The Morgan fingerprint density at radius 3 is 2.70 bits per heavy atom. The minimum atomic E-state index is -0.886. The summed E-state index contributed by atoms with van der Waals surface area (Å²) >= 11 is 0. The highest BCUT2D eigenvalue weighted by molar-refractivity contribution is 5.95. The number of benzene rings is 1. The van der Waals surface area contributed by atoms with Crippen LogP contribution in [0.5, 0.6) is 5.75 Å². The maximum Gasteiger partial charge on any atom is 0.318 e. The quantitative estimate of drug-likeness (QED) is 0.653. The second-order valence-electron chi connectivity index (χ2n) is 4.40. The van der Waals surface area contributed by atoms with Crippen LogP contribution in [-0.4, -0.2) is 24.6 Å². The predicted octanol–water partition coefficient (Wildman–Crippen LogP) is 1.15. The lowest BCUT2D eigenvalue weighted by Gasteiger charge is -2.16. The Bertz CT molecular complexity index is 463. The number of carbonyl (C=O) groups excluding carboxylic acids is 2. The van der Waals surface area contributed by atoms with E-state index in [1.165, 1.54) is 0 Å². The first-order chi connectivity index (χ1) is 9.54. The summed E-state index contributed by atoms with van der Waals surface area (Å²) < 4.78 is 5.58. The molecular weight excluding hydrogens is 258 g/mol. The van der Waals surface area contributed by atoms with E-state index in [2.05, 4.69) is 12.2 Å². The smallest absolute Gasteiger partial charge is 0.318 e. The molecule has 0 fully saturated rings. The first-order valence-corrected chi connectivity index (χ1v) is 6.60. The van der Waals surface area contributed by atoms with Gasteiger partial charge in [-0.3, -0.25) is 10.1 Å². The molecule has 4 N–H and O–H groups in total. The molecule has 1 aromatic rings. The molecule has 1 unspecified atom stereocenters. The third-order valence-electron chi connectivity index (χ3n) is 2.63. The molecule has 0 saturated heterocycles. The monoisotopic (exact) mass is 279 g/mol. The summed E-state index contributed by atoms with van der Waals surface area (Å²) in [4.78, 5) is 22.2. The summed E-state index contributed by atoms with van der Waals surface area (Å²) in [5.74, 6) is 0.0528. The van der Waals surface area contributed by atoms with Crippen LogP contribution in [0.2, 0.25) is 0 Å². The van der Waals surface area contributed by atoms with Gasteiger partial charge in [0.15, 0.2) is 6.10 Å². The Balaban J connectivity index is 2.66. The van der Waals surface area contributed by atoms with E-state index in [1.54, 1.807) is 13.0 Å². The number of primary amides is 1. The third-order valence-corrected chi connectivity index (χ3v) is 2.63. The molecule has 0 aromatic heterocycles. The molecule has 110 valence electrons. The van der Waals surface area contributed by atoms with E-state index in [-0.39, 0.29) is 0 Å². The van der Waals surface area contributed by atoms with Gasteiger partial charge in [-0.05, 0) is 26.0 Å². The molecule has 6 heteroatoms. The van der Waals surface area contributed by atoms with Crippen LogP contribution in [0.25, 0.3) is 0 Å². The number of carbonyl (C=O) groups is 2. The molecule has 0 heterocycles. The van der Waals surface area contributed by atoms with E-state index in [4.69, 9.17) is 10.5 Å². The van der Waals surface area contributed by atoms with Crippen molar-refractivity contribution in [3.8, 4) is 5.75 Å². The van der Waals surface area contributed by atoms with Gasteiger partial charge in [-0.1, -0.05) is 25.1 Å². The molecule has 1 rings (SSSR count). The third kappa shape index (κ3) is 5.27. The largest absolute Gasteiger partial charge is 0.481 e. The van der Waals surface area contributed by atoms with Gasteiger partial charge < -0.3 is 15.8 Å². The number of hydrogen-bond donors (Lipinski definition) is 3. The van der Waals surface area contributed by atoms with Gasteiger partial charge in [0.05, 0.1) is 0 Å². The van der Waals surface area contributed by atoms with Gasteiger partial charge >= 0.3 is 6.03 Å². The first kappa shape index (κ1) is 16.0. The zero-order chi connectivity index (χ0) is 15.0. The number of ether oxygens (including phenoxy) is 1. The van der Waals surface area contributed by atoms with Crippen LogP contribution < -0.4 is 21.1 Å². The molecule has 1 aromatic carbocycles. The average Bonchev–Trinajstić information content (AvgIpc) is 2.40. The van der Waals surface area contributed by atoms with Gasteiger partial charge in [0.1, 0.15) is 5.75 Å². The van der Waals surface area contributed by atoms with Gasteiger partial charge in [0.25, 0.3) is 5.91 Å². The van der Waals surface area contributed by atoms with Gasteiger partial charge in [-0.2, -0.15) is 0 Å². The topological polar surface area (TPSA) is 93.4 Å². The van der Waals surface area contributed by atoms with Crippen LogP contribution in [0, 0.1) is 0 Å². The molecule has 20 heavy (non-hydrogen) atoms. The summed E-state index contributed by atoms with van der Waals surface area (Å²) in [5, 5.41) is 5.27. The van der Waals surface area contributed by atoms with Crippen molar-refractivity contribution in [2.75, 3.05) is 6.54 Å². The number of amides is 3. The van der Waals surface area contributed by atoms with Crippen LogP contribution in [0.1, 0.15) is 25.8 Å². The number of hydrogen-bond acceptors (Lipinski definition) is 4. The fourth-order valence-corrected chi connectivity index (χ4v) is 1.63. The lowest BCUT2D eigenvalue weighted by molar-refractivity contribution is -0.126. The van der Waals surface area contributed by atoms with Crippen molar-refractivity contribution in [1.29, 1.82) is 0 Å². The zero-order valence-corrected chi connectivity index (χ0v) is 11.8. The lowest BCUT2D eigenvalue weighted by atomic mass is 10.2. The fraction of sp³-hybridized carbons (Fsp3) is 0.429. The second-order valence-corrected chi connectivity index (χ2v) is 4.40. The molecule has 1 atom stereocenters. The summed E-state index contributed by atoms with van der Waals surface area (Å²) in [5.41, 5.74) is 5.86. The van der Waals surface area contributed by atoms with E-state index >= 15 is 0 Å². The van der Waals surface area contributed by atoms with Crippen molar-refractivity contribution in [1.82, 2.24) is 10.6 Å². The van der Waals surface area contributed by atoms with Crippen LogP contribution >= 0.6 is 0 Å². The Hall–Kier alpha value is -2.08. The molecule has 0 aliphatic rings. The number of nitrogens with one attached hydrogen (secondary N) is 2. The van der Waals surface area contributed by atoms with Gasteiger partial charge in [0.2, 0.25) is 0 Å². The molecule has 6 nitrogen and oxygen atoms in total. The van der Waals surface area contributed by atoms with Crippen molar-refractivity contribution in [3.63, 3.8) is 0 Å². The molecule has 0 bridgehead atoms. The van der Waals surface area contributed by atoms with E-state index < -0.39 is 18.0 Å². The molecule has 0 spiro atoms. The Labute approximate surface area is 118 Å². The van der Waals surface area contributed by atoms with Crippen LogP contribution in [0.3, 0.4) is 0 Å². The summed E-state index contributed by atoms with van der Waals surface area (Å²) in [7, 11) is 0. The minimum Gasteiger partial charge on any atom is -0.481 e. The summed E-state index contributed by atoms with van der Waals surface area (Å²) in [6, 6.07) is 6.57. The van der Waals surface area contributed by atoms with Crippen LogP contribution in [0.4, 0.5) is 4.79 Å². The number of nitrogens with two attached hydrogens (primary N) is 1. The standard InChI is InChI=1S/C14H21N3O3/c1-3-8-16-9-11-6-4-5-7-12(11)20-10(2)13(18)17-14(15)19/h4-7,10,16H,3,8-9H2,1-2H3,(H3,15,17,18,19). The lowest BCUT2D eigenvalue weighted by Crippen LogP contribution is -2.42. The van der Waals surface area contributed by atoms with Crippen molar-refractivity contribution in [2.24, 2.45) is 5.73 Å². The summed E-state index contributed by atoms with van der Waals surface area (Å²) in [6.45, 7) is 5.22. The minimum absolute atomic E-state index is 0.561. The van der Waals surface area contributed by atoms with Gasteiger partial charge in [-0.25, -0.2) is 4.79 Å². The molecule has 3 amide bonds. The molecule has 0 radical (unpaired) electrons.